The van der Waals surface area contributed by atoms with Crippen molar-refractivity contribution in [2.75, 3.05) is 0 Å². The van der Waals surface area contributed by atoms with Gasteiger partial charge in [0, 0.05) is 17.8 Å². The second-order valence-electron chi connectivity index (χ2n) is 4.69. The lowest BCUT2D eigenvalue weighted by Crippen LogP contribution is -2.46. The Morgan fingerprint density at radius 2 is 2.00 bits per heavy atom. The van der Waals surface area contributed by atoms with E-state index in [4.69, 9.17) is 4.74 Å². The highest BCUT2D eigenvalue weighted by atomic mass is 19.3. The number of hydrogen-bond donors (Lipinski definition) is 1. The van der Waals surface area contributed by atoms with E-state index in [1.807, 2.05) is 0 Å². The molecule has 0 amide bonds. The molecule has 1 heterocycles. The summed E-state index contributed by atoms with van der Waals surface area (Å²) >= 11 is 0. The predicted octanol–water partition coefficient (Wildman–Crippen LogP) is 3.19. The van der Waals surface area contributed by atoms with Crippen molar-refractivity contribution < 1.29 is 23.4 Å². The third kappa shape index (κ3) is 3.00. The van der Waals surface area contributed by atoms with Crippen LogP contribution in [0.25, 0.3) is 0 Å². The van der Waals surface area contributed by atoms with Crippen LogP contribution in [-0.2, 0) is 4.79 Å². The monoisotopic (exact) mass is 271 g/mol. The largest absolute Gasteiger partial charge is 0.478 e. The third-order valence-electron chi connectivity index (χ3n) is 3.36. The average Bonchev–Trinajstić information content (AvgIpc) is 2.40. The third-order valence-corrected chi connectivity index (χ3v) is 3.36. The maximum Gasteiger partial charge on any atom is 0.348 e. The van der Waals surface area contributed by atoms with Crippen molar-refractivity contribution in [1.82, 2.24) is 4.98 Å². The number of halogens is 2. The molecule has 1 saturated carbocycles. The molecule has 1 aromatic rings. The smallest absolute Gasteiger partial charge is 0.348 e. The number of ether oxygens (including phenoxy) is 1. The second kappa shape index (κ2) is 5.50. The Hall–Kier alpha value is -1.72. The molecule has 0 unspecified atom stereocenters. The van der Waals surface area contributed by atoms with E-state index < -0.39 is 18.0 Å². The Morgan fingerprint density at radius 3 is 2.47 bits per heavy atom. The Balaban J connectivity index is 2.15. The van der Waals surface area contributed by atoms with Gasteiger partial charge < -0.3 is 9.84 Å². The number of aliphatic carboxylic acids is 1. The first-order valence-electron chi connectivity index (χ1n) is 6.20. The SMILES string of the molecule is O=C(O)C1(Oc2ccc(C(F)F)cn2)CCCCC1. The Morgan fingerprint density at radius 1 is 1.32 bits per heavy atom. The molecule has 0 saturated heterocycles. The Labute approximate surface area is 109 Å². The van der Waals surface area contributed by atoms with Gasteiger partial charge in [-0.15, -0.1) is 0 Å². The molecule has 0 radical (unpaired) electrons. The number of carboxylic acid groups (broad SMARTS) is 1. The van der Waals surface area contributed by atoms with E-state index in [2.05, 4.69) is 4.98 Å². The molecule has 2 rings (SSSR count). The fourth-order valence-electron chi connectivity index (χ4n) is 2.26. The first-order valence-corrected chi connectivity index (χ1v) is 6.20. The van der Waals surface area contributed by atoms with Crippen molar-refractivity contribution in [2.45, 2.75) is 44.1 Å². The molecule has 0 atom stereocenters. The zero-order valence-electron chi connectivity index (χ0n) is 10.3. The van der Waals surface area contributed by atoms with Gasteiger partial charge in [0.1, 0.15) is 0 Å². The van der Waals surface area contributed by atoms with Crippen molar-refractivity contribution in [3.05, 3.63) is 23.9 Å². The van der Waals surface area contributed by atoms with Gasteiger partial charge in [-0.25, -0.2) is 18.6 Å². The molecule has 104 valence electrons. The summed E-state index contributed by atoms with van der Waals surface area (Å²) in [5.41, 5.74) is -1.47. The predicted molar refractivity (Wildman–Crippen MR) is 63.3 cm³/mol. The van der Waals surface area contributed by atoms with Gasteiger partial charge in [-0.2, -0.15) is 0 Å². The first-order chi connectivity index (χ1) is 9.03. The van der Waals surface area contributed by atoms with Crippen LogP contribution in [0.15, 0.2) is 18.3 Å². The molecule has 0 aliphatic heterocycles. The lowest BCUT2D eigenvalue weighted by Gasteiger charge is -2.33. The minimum Gasteiger partial charge on any atom is -0.478 e. The summed E-state index contributed by atoms with van der Waals surface area (Å²) in [4.78, 5) is 15.1. The van der Waals surface area contributed by atoms with Gasteiger partial charge in [-0.1, -0.05) is 6.42 Å². The van der Waals surface area contributed by atoms with Crippen molar-refractivity contribution in [3.63, 3.8) is 0 Å². The van der Waals surface area contributed by atoms with Crippen LogP contribution in [0, 0.1) is 0 Å². The van der Waals surface area contributed by atoms with Gasteiger partial charge in [0.2, 0.25) is 11.5 Å². The summed E-state index contributed by atoms with van der Waals surface area (Å²) in [7, 11) is 0. The Bertz CT molecular complexity index is 442. The molecule has 0 aromatic carbocycles. The number of aromatic nitrogens is 1. The molecule has 1 aliphatic carbocycles. The summed E-state index contributed by atoms with van der Waals surface area (Å²) in [6.07, 6.45) is 1.79. The number of alkyl halides is 2. The van der Waals surface area contributed by atoms with Crippen LogP contribution in [-0.4, -0.2) is 21.7 Å². The maximum absolute atomic E-state index is 12.4. The standard InChI is InChI=1S/C13H15F2NO3/c14-11(15)9-4-5-10(16-8-9)19-13(12(17)18)6-2-1-3-7-13/h4-5,8,11H,1-3,6-7H2,(H,17,18). The number of pyridine rings is 1. The van der Waals surface area contributed by atoms with Crippen LogP contribution in [0.5, 0.6) is 5.88 Å². The van der Waals surface area contributed by atoms with Gasteiger partial charge in [0.25, 0.3) is 6.43 Å². The van der Waals surface area contributed by atoms with E-state index in [9.17, 15) is 18.7 Å². The van der Waals surface area contributed by atoms with Crippen LogP contribution in [0.3, 0.4) is 0 Å². The van der Waals surface area contributed by atoms with Gasteiger partial charge in [0.15, 0.2) is 0 Å². The highest BCUT2D eigenvalue weighted by molar-refractivity contribution is 5.78. The molecule has 19 heavy (non-hydrogen) atoms. The number of rotatable bonds is 4. The fourth-order valence-corrected chi connectivity index (χ4v) is 2.26. The summed E-state index contributed by atoms with van der Waals surface area (Å²) in [6.45, 7) is 0. The number of carboxylic acids is 1. The number of carbonyl (C=O) groups is 1. The van der Waals surface area contributed by atoms with Crippen LogP contribution < -0.4 is 4.74 Å². The minimum atomic E-state index is -2.59. The minimum absolute atomic E-state index is 0.0775. The Kier molecular flexibility index (Phi) is 3.97. The van der Waals surface area contributed by atoms with E-state index in [-0.39, 0.29) is 11.4 Å². The van der Waals surface area contributed by atoms with Gasteiger partial charge in [-0.05, 0) is 31.7 Å². The topological polar surface area (TPSA) is 59.4 Å². The van der Waals surface area contributed by atoms with Crippen molar-refractivity contribution in [2.24, 2.45) is 0 Å². The van der Waals surface area contributed by atoms with Crippen LogP contribution in [0.4, 0.5) is 8.78 Å². The van der Waals surface area contributed by atoms with Crippen LogP contribution in [0.2, 0.25) is 0 Å². The lowest BCUT2D eigenvalue weighted by molar-refractivity contribution is -0.158. The van der Waals surface area contributed by atoms with Crippen LogP contribution >= 0.6 is 0 Å². The van der Waals surface area contributed by atoms with Gasteiger partial charge >= 0.3 is 5.97 Å². The summed E-state index contributed by atoms with van der Waals surface area (Å²) in [6, 6.07) is 2.49. The number of hydrogen-bond acceptors (Lipinski definition) is 3. The quantitative estimate of drug-likeness (QED) is 0.913. The summed E-state index contributed by atoms with van der Waals surface area (Å²) in [5, 5.41) is 9.32. The second-order valence-corrected chi connectivity index (χ2v) is 4.69. The molecule has 0 bridgehead atoms. The summed E-state index contributed by atoms with van der Waals surface area (Å²) < 4.78 is 30.3. The van der Waals surface area contributed by atoms with Gasteiger partial charge in [0.05, 0.1) is 0 Å². The van der Waals surface area contributed by atoms with E-state index in [1.54, 1.807) is 0 Å². The first kappa shape index (κ1) is 13.7. The van der Waals surface area contributed by atoms with E-state index in [0.717, 1.165) is 25.5 Å². The summed E-state index contributed by atoms with van der Waals surface area (Å²) in [5.74, 6) is -0.944. The van der Waals surface area contributed by atoms with E-state index >= 15 is 0 Å². The van der Waals surface area contributed by atoms with Gasteiger partial charge in [-0.3, -0.25) is 0 Å². The zero-order chi connectivity index (χ0) is 13.9. The normalized spacial score (nSPS) is 18.3. The molecular weight excluding hydrogens is 256 g/mol. The molecule has 4 nitrogen and oxygen atoms in total. The van der Waals surface area contributed by atoms with Crippen molar-refractivity contribution in [3.8, 4) is 5.88 Å². The fraction of sp³-hybridized carbons (Fsp3) is 0.538. The molecule has 1 fully saturated rings. The van der Waals surface area contributed by atoms with E-state index in [1.165, 1.54) is 12.1 Å². The van der Waals surface area contributed by atoms with Crippen LogP contribution in [0.1, 0.15) is 44.1 Å². The van der Waals surface area contributed by atoms with E-state index in [0.29, 0.717) is 12.8 Å². The molecule has 1 aliphatic rings. The molecule has 6 heteroatoms. The highest BCUT2D eigenvalue weighted by Crippen LogP contribution is 2.33. The van der Waals surface area contributed by atoms with Crippen molar-refractivity contribution in [1.29, 1.82) is 0 Å². The molecular formula is C13H15F2NO3. The molecule has 0 spiro atoms. The maximum atomic E-state index is 12.4. The zero-order valence-corrected chi connectivity index (χ0v) is 10.3. The molecule has 1 N–H and O–H groups in total. The lowest BCUT2D eigenvalue weighted by atomic mass is 9.84. The highest BCUT2D eigenvalue weighted by Gasteiger charge is 2.42. The average molecular weight is 271 g/mol. The number of nitrogens with zero attached hydrogens (tertiary/aromatic N) is 1. The molecule has 1 aromatic heterocycles. The van der Waals surface area contributed by atoms with Crippen molar-refractivity contribution >= 4 is 5.97 Å².